The van der Waals surface area contributed by atoms with E-state index in [9.17, 15) is 14.4 Å². The van der Waals surface area contributed by atoms with Gasteiger partial charge in [-0.2, -0.15) is 0 Å². The van der Waals surface area contributed by atoms with Gasteiger partial charge in [0.15, 0.2) is 0 Å². The lowest BCUT2D eigenvalue weighted by Gasteiger charge is -2.28. The first kappa shape index (κ1) is 23.4. The number of imide groups is 1. The van der Waals surface area contributed by atoms with E-state index in [-0.39, 0.29) is 28.9 Å². The molecule has 0 spiro atoms. The van der Waals surface area contributed by atoms with Crippen molar-refractivity contribution in [1.82, 2.24) is 9.88 Å². The molecule has 2 aliphatic rings. The second-order valence-corrected chi connectivity index (χ2v) is 9.12. The minimum absolute atomic E-state index is 0.0667. The number of nitrogens with zero attached hydrogens (tertiary/aromatic N) is 4. The van der Waals surface area contributed by atoms with Crippen LogP contribution in [-0.4, -0.2) is 39.5 Å². The summed E-state index contributed by atoms with van der Waals surface area (Å²) in [4.78, 5) is 52.5. The molecule has 0 N–H and O–H groups in total. The molecule has 1 atom stereocenters. The van der Waals surface area contributed by atoms with Crippen LogP contribution in [0.4, 0.5) is 10.1 Å². The summed E-state index contributed by atoms with van der Waals surface area (Å²) in [7, 11) is 0. The van der Waals surface area contributed by atoms with Gasteiger partial charge in [0.1, 0.15) is 5.82 Å². The molecule has 0 bridgehead atoms. The largest absolute Gasteiger partial charge is 0.302 e. The van der Waals surface area contributed by atoms with Crippen LogP contribution < -0.4 is 4.90 Å². The average molecular weight is 505 g/mol. The zero-order valence-corrected chi connectivity index (χ0v) is 20.3. The van der Waals surface area contributed by atoms with Crippen LogP contribution in [0.25, 0.3) is 0 Å². The number of para-hydroxylation sites is 1. The summed E-state index contributed by atoms with van der Waals surface area (Å²) in [6.45, 7) is 1.99. The van der Waals surface area contributed by atoms with Crippen molar-refractivity contribution in [1.29, 1.82) is 0 Å². The van der Waals surface area contributed by atoms with Crippen LogP contribution in [0, 0.1) is 12.7 Å². The number of pyridine rings is 1. The van der Waals surface area contributed by atoms with E-state index in [4.69, 9.17) is 0 Å². The lowest BCUT2D eigenvalue weighted by atomic mass is 9.99. The van der Waals surface area contributed by atoms with Crippen LogP contribution >= 0.6 is 0 Å². The Kier molecular flexibility index (Phi) is 5.64. The number of anilines is 1. The van der Waals surface area contributed by atoms with E-state index in [0.29, 0.717) is 16.9 Å². The molecule has 3 heterocycles. The van der Waals surface area contributed by atoms with Crippen molar-refractivity contribution in [3.8, 4) is 0 Å². The summed E-state index contributed by atoms with van der Waals surface area (Å²) < 4.78 is 15.1. The number of hydrogen-bond acceptors (Lipinski definition) is 5. The normalized spacial score (nSPS) is 16.7. The van der Waals surface area contributed by atoms with Crippen molar-refractivity contribution in [2.45, 2.75) is 19.6 Å². The maximum Gasteiger partial charge on any atom is 0.273 e. The maximum absolute atomic E-state index is 15.1. The van der Waals surface area contributed by atoms with Crippen molar-refractivity contribution in [3.05, 3.63) is 130 Å². The molecule has 0 aliphatic carbocycles. The van der Waals surface area contributed by atoms with Gasteiger partial charge in [-0.3, -0.25) is 19.4 Å². The monoisotopic (exact) mass is 504 g/mol. The van der Waals surface area contributed by atoms with Crippen LogP contribution in [0.2, 0.25) is 0 Å². The second-order valence-electron chi connectivity index (χ2n) is 9.12. The van der Waals surface area contributed by atoms with Gasteiger partial charge in [0.25, 0.3) is 17.7 Å². The van der Waals surface area contributed by atoms with Gasteiger partial charge in [0.2, 0.25) is 6.17 Å². The molecule has 0 radical (unpaired) electrons. The van der Waals surface area contributed by atoms with Crippen molar-refractivity contribution in [3.63, 3.8) is 0 Å². The lowest BCUT2D eigenvalue weighted by molar-refractivity contribution is -0.122. The van der Waals surface area contributed by atoms with E-state index in [0.717, 1.165) is 10.5 Å². The molecule has 3 amide bonds. The molecule has 7 nitrogen and oxygen atoms in total. The molecule has 3 aromatic carbocycles. The number of benzodiazepines with no additional fused rings is 1. The Morgan fingerprint density at radius 1 is 0.789 bits per heavy atom. The van der Waals surface area contributed by atoms with Gasteiger partial charge in [-0.05, 0) is 55.0 Å². The number of aromatic nitrogens is 1. The highest BCUT2D eigenvalue weighted by molar-refractivity contribution is 6.25. The zero-order chi connectivity index (χ0) is 26.4. The highest BCUT2D eigenvalue weighted by atomic mass is 19.1. The number of rotatable bonds is 4. The molecule has 186 valence electrons. The number of carbonyl (C=O) groups is 3. The molecule has 38 heavy (non-hydrogen) atoms. The predicted octanol–water partition coefficient (Wildman–Crippen LogP) is 4.54. The fourth-order valence-electron chi connectivity index (χ4n) is 4.89. The number of carbonyl (C=O) groups excluding carboxylic acids is 3. The Bertz CT molecular complexity index is 1630. The lowest BCUT2D eigenvalue weighted by Crippen LogP contribution is -2.49. The molecular weight excluding hydrogens is 483 g/mol. The molecule has 8 heteroatoms. The molecule has 2 aliphatic heterocycles. The third-order valence-electron chi connectivity index (χ3n) is 6.68. The van der Waals surface area contributed by atoms with Gasteiger partial charge in [0.05, 0.1) is 34.8 Å². The maximum atomic E-state index is 15.1. The molecular formula is C30H21FN4O3. The van der Waals surface area contributed by atoms with E-state index < -0.39 is 29.7 Å². The molecule has 1 aromatic heterocycles. The Hall–Kier alpha value is -4.98. The van der Waals surface area contributed by atoms with E-state index in [1.807, 2.05) is 19.1 Å². The summed E-state index contributed by atoms with van der Waals surface area (Å²) in [5, 5.41) is 0. The first-order chi connectivity index (χ1) is 18.4. The minimum Gasteiger partial charge on any atom is -0.302 e. The van der Waals surface area contributed by atoms with Crippen molar-refractivity contribution >= 4 is 29.1 Å². The van der Waals surface area contributed by atoms with Gasteiger partial charge < -0.3 is 4.90 Å². The van der Waals surface area contributed by atoms with Gasteiger partial charge in [0, 0.05) is 17.3 Å². The van der Waals surface area contributed by atoms with E-state index in [1.54, 1.807) is 72.9 Å². The fraction of sp³-hybridized carbons (Fsp3) is 0.100. The smallest absolute Gasteiger partial charge is 0.273 e. The van der Waals surface area contributed by atoms with Crippen molar-refractivity contribution in [2.24, 2.45) is 4.99 Å². The number of hydrogen-bond donors (Lipinski definition) is 0. The van der Waals surface area contributed by atoms with Crippen LogP contribution in [-0.2, 0) is 11.3 Å². The molecule has 0 fully saturated rings. The fourth-order valence-corrected chi connectivity index (χ4v) is 4.89. The number of fused-ring (bicyclic) bond motifs is 2. The van der Waals surface area contributed by atoms with Crippen LogP contribution in [0.1, 0.15) is 43.1 Å². The van der Waals surface area contributed by atoms with E-state index in [1.165, 1.54) is 11.0 Å². The number of aliphatic imine (C=N–C) groups is 1. The molecule has 0 saturated carbocycles. The van der Waals surface area contributed by atoms with Crippen molar-refractivity contribution in [2.75, 3.05) is 4.90 Å². The molecule has 0 saturated heterocycles. The Balaban J connectivity index is 1.56. The highest BCUT2D eigenvalue weighted by Crippen LogP contribution is 2.34. The predicted molar refractivity (Wildman–Crippen MR) is 139 cm³/mol. The van der Waals surface area contributed by atoms with Gasteiger partial charge in [-0.25, -0.2) is 14.3 Å². The SMILES string of the molecule is Cc1ccnc(CN2C(=O)C(N3C(=O)c4ccccc4C3=O)N=C(c3ccccc3F)c3ccccc32)c1. The molecule has 1 unspecified atom stereocenters. The summed E-state index contributed by atoms with van der Waals surface area (Å²) in [5.74, 6) is -2.38. The zero-order valence-electron chi connectivity index (χ0n) is 20.3. The number of halogens is 1. The van der Waals surface area contributed by atoms with Crippen LogP contribution in [0.15, 0.2) is 96.1 Å². The Morgan fingerprint density at radius 3 is 2.05 bits per heavy atom. The number of aryl methyl sites for hydroxylation is 1. The quantitative estimate of drug-likeness (QED) is 0.382. The Morgan fingerprint density at radius 2 is 1.39 bits per heavy atom. The van der Waals surface area contributed by atoms with Crippen LogP contribution in [0.5, 0.6) is 0 Å². The average Bonchev–Trinajstić information content (AvgIpc) is 3.11. The number of benzene rings is 3. The first-order valence-electron chi connectivity index (χ1n) is 12.1. The third-order valence-corrected chi connectivity index (χ3v) is 6.68. The van der Waals surface area contributed by atoms with Gasteiger partial charge in [-0.1, -0.05) is 42.5 Å². The summed E-state index contributed by atoms with van der Waals surface area (Å²) >= 11 is 0. The second kappa shape index (κ2) is 9.15. The highest BCUT2D eigenvalue weighted by Gasteiger charge is 2.46. The molecule has 6 rings (SSSR count). The summed E-state index contributed by atoms with van der Waals surface area (Å²) in [6.07, 6.45) is 0.108. The third kappa shape index (κ3) is 3.78. The van der Waals surface area contributed by atoms with Crippen LogP contribution in [0.3, 0.4) is 0 Å². The summed E-state index contributed by atoms with van der Waals surface area (Å²) in [5.41, 5.74) is 3.27. The van der Waals surface area contributed by atoms with Crippen molar-refractivity contribution < 1.29 is 18.8 Å². The van der Waals surface area contributed by atoms with Gasteiger partial charge in [-0.15, -0.1) is 0 Å². The standard InChI is InChI=1S/C30H21FN4O3/c1-18-14-15-32-19(16-18)17-34-25-13-7-5-11-23(25)26(22-10-4-6-12-24(22)31)33-27(30(34)38)35-28(36)20-8-2-3-9-21(20)29(35)37/h2-16,27H,17H2,1H3. The number of amides is 3. The first-order valence-corrected chi connectivity index (χ1v) is 12.1. The topological polar surface area (TPSA) is 82.9 Å². The molecule has 4 aromatic rings. The van der Waals surface area contributed by atoms with Gasteiger partial charge >= 0.3 is 0 Å². The Labute approximate surface area is 217 Å². The van der Waals surface area contributed by atoms with E-state index in [2.05, 4.69) is 9.98 Å². The van der Waals surface area contributed by atoms with E-state index >= 15 is 4.39 Å². The summed E-state index contributed by atoms with van der Waals surface area (Å²) in [6, 6.07) is 23.2. The minimum atomic E-state index is -1.55.